The molecular weight excluding hydrogens is 360 g/mol. The molecule has 0 aliphatic heterocycles. The highest BCUT2D eigenvalue weighted by Crippen LogP contribution is 2.19. The second kappa shape index (κ2) is 6.99. The van der Waals surface area contributed by atoms with Crippen molar-refractivity contribution in [3.05, 3.63) is 65.2 Å². The molecular formula is C14H10BrF2N3O2. The third kappa shape index (κ3) is 4.01. The first-order valence-corrected chi connectivity index (χ1v) is 6.74. The number of hydrogen-bond acceptors (Lipinski definition) is 4. The fourth-order valence-electron chi connectivity index (χ4n) is 1.46. The fourth-order valence-corrected chi connectivity index (χ4v) is 1.79. The Morgan fingerprint density at radius 2 is 1.59 bits per heavy atom. The molecule has 0 fully saturated rings. The van der Waals surface area contributed by atoms with Gasteiger partial charge in [0.25, 0.3) is 0 Å². The Hall–Kier alpha value is -2.48. The molecule has 0 amide bonds. The van der Waals surface area contributed by atoms with E-state index in [2.05, 4.69) is 26.0 Å². The Morgan fingerprint density at radius 3 is 2.09 bits per heavy atom. The van der Waals surface area contributed by atoms with Crippen LogP contribution in [0.2, 0.25) is 0 Å². The maximum Gasteiger partial charge on any atom is 0.166 e. The quantitative estimate of drug-likeness (QED) is 0.689. The molecule has 0 spiro atoms. The van der Waals surface area contributed by atoms with Crippen molar-refractivity contribution in [3.63, 3.8) is 0 Å². The summed E-state index contributed by atoms with van der Waals surface area (Å²) < 4.78 is 27.2. The first kappa shape index (κ1) is 15.9. The topological polar surface area (TPSA) is 71.2 Å². The van der Waals surface area contributed by atoms with Crippen LogP contribution in [-0.2, 0) is 0 Å². The minimum atomic E-state index is -0.673. The first-order chi connectivity index (χ1) is 10.5. The number of nitrogens with zero attached hydrogens (tertiary/aromatic N) is 3. The molecule has 0 unspecified atom stereocenters. The molecule has 0 bridgehead atoms. The molecule has 22 heavy (non-hydrogen) atoms. The number of hydrogen-bond donors (Lipinski definition) is 2. The van der Waals surface area contributed by atoms with Crippen LogP contribution in [0.3, 0.4) is 0 Å². The molecule has 0 aliphatic carbocycles. The fraction of sp³-hybridized carbons (Fsp3) is 0. The molecule has 0 aliphatic rings. The van der Waals surface area contributed by atoms with Gasteiger partial charge in [0, 0.05) is 10.5 Å². The smallest absolute Gasteiger partial charge is 0.166 e. The van der Waals surface area contributed by atoms with Crippen molar-refractivity contribution in [2.24, 2.45) is 0 Å². The molecule has 5 nitrogen and oxygen atoms in total. The Kier molecular flexibility index (Phi) is 5.05. The first-order valence-electron chi connectivity index (χ1n) is 5.95. The van der Waals surface area contributed by atoms with Crippen LogP contribution in [0.1, 0.15) is 0 Å². The van der Waals surface area contributed by atoms with Crippen LogP contribution < -0.4 is 0 Å². The van der Waals surface area contributed by atoms with E-state index in [9.17, 15) is 8.78 Å². The number of aromatic hydroxyl groups is 2. The van der Waals surface area contributed by atoms with Gasteiger partial charge in [0.05, 0.1) is 5.69 Å². The molecule has 2 aromatic carbocycles. The standard InChI is InChI=1S/C8H6FN3O.C6H4BrFO/c9-7-3-6(1-2-8(7)13)12-5-10-4-11-12;7-4-1-2-6(9)5(8)3-4/h1-5,13H;1-3,9H. The van der Waals surface area contributed by atoms with Gasteiger partial charge in [-0.2, -0.15) is 5.10 Å². The monoisotopic (exact) mass is 369 g/mol. The summed E-state index contributed by atoms with van der Waals surface area (Å²) in [5.74, 6) is -1.97. The van der Waals surface area contributed by atoms with Gasteiger partial charge in [-0.05, 0) is 30.3 Å². The predicted molar refractivity (Wildman–Crippen MR) is 78.7 cm³/mol. The van der Waals surface area contributed by atoms with Gasteiger partial charge >= 0.3 is 0 Å². The molecule has 0 atom stereocenters. The van der Waals surface area contributed by atoms with E-state index in [1.54, 1.807) is 12.1 Å². The number of aromatic nitrogens is 3. The summed E-state index contributed by atoms with van der Waals surface area (Å²) in [6.07, 6.45) is 2.80. The molecule has 3 aromatic rings. The number of benzene rings is 2. The Balaban J connectivity index is 0.000000172. The van der Waals surface area contributed by atoms with Gasteiger partial charge in [0.1, 0.15) is 12.7 Å². The molecule has 3 rings (SSSR count). The highest BCUT2D eigenvalue weighted by Gasteiger charge is 2.02. The molecule has 2 N–H and O–H groups in total. The number of phenols is 2. The van der Waals surface area contributed by atoms with Crippen LogP contribution in [0.25, 0.3) is 5.69 Å². The number of rotatable bonds is 1. The van der Waals surface area contributed by atoms with E-state index in [1.807, 2.05) is 0 Å². The zero-order chi connectivity index (χ0) is 16.1. The summed E-state index contributed by atoms with van der Waals surface area (Å²) in [4.78, 5) is 3.72. The number of phenolic OH excluding ortho intramolecular Hbond substituents is 2. The van der Waals surface area contributed by atoms with E-state index >= 15 is 0 Å². The van der Waals surface area contributed by atoms with Gasteiger partial charge in [-0.1, -0.05) is 15.9 Å². The van der Waals surface area contributed by atoms with Gasteiger partial charge in [-0.3, -0.25) is 0 Å². The average Bonchev–Trinajstić information content (AvgIpc) is 3.01. The summed E-state index contributed by atoms with van der Waals surface area (Å²) in [5.41, 5.74) is 0.521. The number of halogens is 3. The summed E-state index contributed by atoms with van der Waals surface area (Å²) >= 11 is 3.05. The average molecular weight is 370 g/mol. The highest BCUT2D eigenvalue weighted by molar-refractivity contribution is 9.10. The van der Waals surface area contributed by atoms with E-state index in [0.29, 0.717) is 10.2 Å². The van der Waals surface area contributed by atoms with Crippen LogP contribution in [0, 0.1) is 11.6 Å². The van der Waals surface area contributed by atoms with E-state index in [-0.39, 0.29) is 11.5 Å². The minimum Gasteiger partial charge on any atom is -0.505 e. The normalized spacial score (nSPS) is 9.95. The van der Waals surface area contributed by atoms with Crippen molar-refractivity contribution < 1.29 is 19.0 Å². The van der Waals surface area contributed by atoms with Gasteiger partial charge in [0.2, 0.25) is 0 Å². The third-order valence-corrected chi connectivity index (χ3v) is 3.02. The highest BCUT2D eigenvalue weighted by atomic mass is 79.9. The zero-order valence-corrected chi connectivity index (χ0v) is 12.6. The van der Waals surface area contributed by atoms with E-state index in [0.717, 1.165) is 0 Å². The lowest BCUT2D eigenvalue weighted by atomic mass is 10.3. The van der Waals surface area contributed by atoms with Gasteiger partial charge < -0.3 is 10.2 Å². The third-order valence-electron chi connectivity index (χ3n) is 2.52. The maximum atomic E-state index is 12.9. The summed E-state index contributed by atoms with van der Waals surface area (Å²) in [5, 5.41) is 21.4. The van der Waals surface area contributed by atoms with Crippen molar-refractivity contribution >= 4 is 15.9 Å². The van der Waals surface area contributed by atoms with Crippen molar-refractivity contribution in [2.75, 3.05) is 0 Å². The zero-order valence-electron chi connectivity index (χ0n) is 11.0. The molecule has 114 valence electrons. The molecule has 0 saturated heterocycles. The van der Waals surface area contributed by atoms with Crippen molar-refractivity contribution in [1.82, 2.24) is 14.8 Å². The molecule has 0 radical (unpaired) electrons. The summed E-state index contributed by atoms with van der Waals surface area (Å²) in [7, 11) is 0. The molecule has 1 heterocycles. The Bertz CT molecular complexity index is 767. The largest absolute Gasteiger partial charge is 0.505 e. The van der Waals surface area contributed by atoms with Crippen molar-refractivity contribution in [1.29, 1.82) is 0 Å². The van der Waals surface area contributed by atoms with E-state index < -0.39 is 11.6 Å². The van der Waals surface area contributed by atoms with Crippen molar-refractivity contribution in [3.8, 4) is 17.2 Å². The lowest BCUT2D eigenvalue weighted by molar-refractivity contribution is 0.432. The molecule has 1 aromatic heterocycles. The van der Waals surface area contributed by atoms with Crippen LogP contribution in [0.5, 0.6) is 11.5 Å². The lowest BCUT2D eigenvalue weighted by Crippen LogP contribution is -1.94. The van der Waals surface area contributed by atoms with E-state index in [4.69, 9.17) is 10.2 Å². The lowest BCUT2D eigenvalue weighted by Gasteiger charge is -2.00. The Labute approximate surface area is 132 Å². The van der Waals surface area contributed by atoms with Crippen molar-refractivity contribution in [2.45, 2.75) is 0 Å². The molecule has 0 saturated carbocycles. The van der Waals surface area contributed by atoms with Crippen LogP contribution in [0.15, 0.2) is 53.5 Å². The van der Waals surface area contributed by atoms with Gasteiger partial charge in [-0.15, -0.1) is 0 Å². The second-order valence-corrected chi connectivity index (χ2v) is 4.99. The maximum absolute atomic E-state index is 12.9. The van der Waals surface area contributed by atoms with Crippen LogP contribution in [-0.4, -0.2) is 25.0 Å². The van der Waals surface area contributed by atoms with E-state index in [1.165, 1.54) is 41.6 Å². The van der Waals surface area contributed by atoms with Gasteiger partial charge in [0.15, 0.2) is 23.1 Å². The van der Waals surface area contributed by atoms with Crippen LogP contribution in [0.4, 0.5) is 8.78 Å². The second-order valence-electron chi connectivity index (χ2n) is 4.07. The van der Waals surface area contributed by atoms with Crippen LogP contribution >= 0.6 is 15.9 Å². The summed E-state index contributed by atoms with van der Waals surface area (Å²) in [6.45, 7) is 0. The predicted octanol–water partition coefficient (Wildman–Crippen LogP) is 3.41. The summed E-state index contributed by atoms with van der Waals surface area (Å²) in [6, 6.07) is 8.07. The minimum absolute atomic E-state index is 0.321. The molecule has 8 heteroatoms. The SMILES string of the molecule is Oc1ccc(-n2cncn2)cc1F.Oc1ccc(Br)cc1F. The van der Waals surface area contributed by atoms with Gasteiger partial charge in [-0.25, -0.2) is 18.4 Å². The Morgan fingerprint density at radius 1 is 0.955 bits per heavy atom.